The van der Waals surface area contributed by atoms with E-state index in [-0.39, 0.29) is 46.1 Å². The van der Waals surface area contributed by atoms with Gasteiger partial charge in [-0.2, -0.15) is 0 Å². The van der Waals surface area contributed by atoms with Gasteiger partial charge in [-0.15, -0.1) is 0 Å². The smallest absolute Gasteiger partial charge is 0.302 e. The Labute approximate surface area is 188 Å². The lowest BCUT2D eigenvalue weighted by Crippen LogP contribution is -2.66. The van der Waals surface area contributed by atoms with Crippen molar-refractivity contribution in [2.45, 2.75) is 99.0 Å². The Morgan fingerprint density at radius 1 is 1.03 bits per heavy atom. The molecular weight excluding hydrogens is 388 g/mol. The number of aliphatic hydroxyl groups excluding tert-OH is 1. The molecule has 0 saturated heterocycles. The largest absolute Gasteiger partial charge is 0.462 e. The van der Waals surface area contributed by atoms with E-state index < -0.39 is 0 Å². The minimum Gasteiger partial charge on any atom is -0.462 e. The number of hydrogen-bond donors (Lipinski definition) is 1. The Morgan fingerprint density at radius 2 is 1.74 bits per heavy atom. The summed E-state index contributed by atoms with van der Waals surface area (Å²) in [4.78, 5) is 24.4. The van der Waals surface area contributed by atoms with Gasteiger partial charge in [-0.3, -0.25) is 9.59 Å². The molecule has 1 N–H and O–H groups in total. The van der Waals surface area contributed by atoms with Crippen LogP contribution in [-0.4, -0.2) is 29.6 Å². The molecule has 0 aromatic heterocycles. The number of allylic oxidation sites excluding steroid dienone is 2. The fourth-order valence-corrected chi connectivity index (χ4v) is 9.23. The van der Waals surface area contributed by atoms with Crippen LogP contribution in [0.2, 0.25) is 0 Å². The van der Waals surface area contributed by atoms with Crippen LogP contribution in [0.15, 0.2) is 11.6 Å². The van der Waals surface area contributed by atoms with Crippen LogP contribution < -0.4 is 0 Å². The number of ketones is 1. The first kappa shape index (κ1) is 23.0. The summed E-state index contributed by atoms with van der Waals surface area (Å²) >= 11 is 0. The third-order valence-electron chi connectivity index (χ3n) is 10.6. The number of ether oxygens (including phenoxy) is 1. The van der Waals surface area contributed by atoms with E-state index in [0.29, 0.717) is 24.2 Å². The maximum atomic E-state index is 12.3. The van der Waals surface area contributed by atoms with Crippen molar-refractivity contribution >= 4 is 11.8 Å². The molecule has 0 aromatic rings. The highest BCUT2D eigenvalue weighted by Crippen LogP contribution is 2.72. The van der Waals surface area contributed by atoms with E-state index in [9.17, 15) is 14.7 Å². The molecule has 4 nitrogen and oxygen atoms in total. The molecular formula is C27H42O4. The second kappa shape index (κ2) is 7.43. The Kier molecular flexibility index (Phi) is 5.52. The molecule has 7 atom stereocenters. The van der Waals surface area contributed by atoms with E-state index >= 15 is 0 Å². The van der Waals surface area contributed by atoms with E-state index in [1.807, 2.05) is 0 Å². The lowest BCUT2D eigenvalue weighted by atomic mass is 9.35. The Balaban J connectivity index is 1.82. The molecule has 0 spiro atoms. The first-order chi connectivity index (χ1) is 14.4. The first-order valence-corrected chi connectivity index (χ1v) is 12.4. The lowest BCUT2D eigenvalue weighted by molar-refractivity contribution is -0.243. The molecule has 4 aliphatic carbocycles. The maximum absolute atomic E-state index is 12.3. The van der Waals surface area contributed by atoms with E-state index in [1.165, 1.54) is 13.3 Å². The Hall–Kier alpha value is -1.16. The zero-order chi connectivity index (χ0) is 22.8. The standard InChI is InChI=1S/C27H42O4/c1-17(29)19-8-9-21-25(5)13-10-20-24(3,4)11-7-12-27(20,16-28)22(25)14-23(31-18(2)30)26(21,6)15-19/h8,20-23,28H,7,9-16H2,1-6H3/t20-,21-,22-,23-,25-,26+,27+/m0/s1. The minimum atomic E-state index is -0.236. The number of Topliss-reactive ketones (excluding diaryl/α,β-unsaturated/α-hetero) is 1. The summed E-state index contributed by atoms with van der Waals surface area (Å²) in [5, 5.41) is 10.9. The van der Waals surface area contributed by atoms with Gasteiger partial charge in [0.05, 0.1) is 0 Å². The van der Waals surface area contributed by atoms with Crippen LogP contribution in [0.5, 0.6) is 0 Å². The lowest BCUT2D eigenvalue weighted by Gasteiger charge is -2.70. The van der Waals surface area contributed by atoms with Crippen molar-refractivity contribution in [2.24, 2.45) is 39.4 Å². The van der Waals surface area contributed by atoms with Crippen LogP contribution in [-0.2, 0) is 14.3 Å². The van der Waals surface area contributed by atoms with Gasteiger partial charge in [-0.1, -0.05) is 40.2 Å². The molecule has 0 radical (unpaired) electrons. The molecule has 0 heterocycles. The molecule has 174 valence electrons. The molecule has 0 bridgehead atoms. The van der Waals surface area contributed by atoms with E-state index in [4.69, 9.17) is 4.74 Å². The van der Waals surface area contributed by atoms with Crippen LogP contribution in [0.1, 0.15) is 92.9 Å². The molecule has 31 heavy (non-hydrogen) atoms. The van der Waals surface area contributed by atoms with Gasteiger partial charge in [0.1, 0.15) is 6.10 Å². The van der Waals surface area contributed by atoms with Crippen molar-refractivity contribution in [1.82, 2.24) is 0 Å². The summed E-state index contributed by atoms with van der Waals surface area (Å²) in [7, 11) is 0. The molecule has 4 rings (SSSR count). The Morgan fingerprint density at radius 3 is 2.35 bits per heavy atom. The number of carbonyl (C=O) groups is 2. The van der Waals surface area contributed by atoms with Crippen LogP contribution in [0.25, 0.3) is 0 Å². The van der Waals surface area contributed by atoms with Gasteiger partial charge in [-0.05, 0) is 86.0 Å². The van der Waals surface area contributed by atoms with Gasteiger partial charge < -0.3 is 9.84 Å². The van der Waals surface area contributed by atoms with E-state index in [2.05, 4.69) is 33.8 Å². The maximum Gasteiger partial charge on any atom is 0.302 e. The van der Waals surface area contributed by atoms with Gasteiger partial charge in [0, 0.05) is 24.4 Å². The van der Waals surface area contributed by atoms with Crippen LogP contribution in [0, 0.1) is 39.4 Å². The summed E-state index contributed by atoms with van der Waals surface area (Å²) < 4.78 is 6.05. The summed E-state index contributed by atoms with van der Waals surface area (Å²) in [5.41, 5.74) is 0.868. The second-order valence-electron chi connectivity index (χ2n) is 12.5. The summed E-state index contributed by atoms with van der Waals surface area (Å²) in [6, 6.07) is 0. The van der Waals surface area contributed by atoms with Gasteiger partial charge in [-0.25, -0.2) is 0 Å². The number of hydrogen-bond acceptors (Lipinski definition) is 4. The van der Waals surface area contributed by atoms with Crippen molar-refractivity contribution in [3.63, 3.8) is 0 Å². The third-order valence-corrected chi connectivity index (χ3v) is 10.6. The van der Waals surface area contributed by atoms with Crippen LogP contribution in [0.3, 0.4) is 0 Å². The average molecular weight is 431 g/mol. The number of rotatable bonds is 3. The number of aliphatic hydroxyl groups is 1. The number of fused-ring (bicyclic) bond motifs is 5. The normalized spacial score (nSPS) is 46.1. The van der Waals surface area contributed by atoms with E-state index in [0.717, 1.165) is 44.1 Å². The number of esters is 1. The van der Waals surface area contributed by atoms with Crippen LogP contribution >= 0.6 is 0 Å². The molecule has 4 heteroatoms. The minimum absolute atomic E-state index is 0.0802. The quantitative estimate of drug-likeness (QED) is 0.603. The van der Waals surface area contributed by atoms with Crippen molar-refractivity contribution in [2.75, 3.05) is 6.61 Å². The highest BCUT2D eigenvalue weighted by atomic mass is 16.5. The Bertz CT molecular complexity index is 797. The summed E-state index contributed by atoms with van der Waals surface area (Å²) in [6.07, 6.45) is 10.1. The van der Waals surface area contributed by atoms with Gasteiger partial charge >= 0.3 is 5.97 Å². The first-order valence-electron chi connectivity index (χ1n) is 12.4. The van der Waals surface area contributed by atoms with E-state index in [1.54, 1.807) is 6.92 Å². The number of carbonyl (C=O) groups excluding carboxylic acids is 2. The van der Waals surface area contributed by atoms with Gasteiger partial charge in [0.15, 0.2) is 5.78 Å². The van der Waals surface area contributed by atoms with Crippen molar-refractivity contribution in [3.8, 4) is 0 Å². The molecule has 0 unspecified atom stereocenters. The SMILES string of the molecule is CC(=O)O[C@H]1C[C@H]2[C@@](C)(CC[C@H]3C(C)(C)CCC[C@@]32CO)[C@@H]2CC=C(C(C)=O)C[C@]21C. The molecule has 0 aromatic carbocycles. The average Bonchev–Trinajstić information content (AvgIpc) is 2.67. The highest BCUT2D eigenvalue weighted by molar-refractivity contribution is 5.93. The fraction of sp³-hybridized carbons (Fsp3) is 0.852. The van der Waals surface area contributed by atoms with Gasteiger partial charge in [0.25, 0.3) is 0 Å². The van der Waals surface area contributed by atoms with Gasteiger partial charge in [0.2, 0.25) is 0 Å². The molecule has 3 saturated carbocycles. The zero-order valence-electron chi connectivity index (χ0n) is 20.4. The topological polar surface area (TPSA) is 63.6 Å². The zero-order valence-corrected chi connectivity index (χ0v) is 20.4. The molecule has 0 amide bonds. The van der Waals surface area contributed by atoms with Crippen molar-refractivity contribution in [1.29, 1.82) is 0 Å². The molecule has 4 aliphatic rings. The third kappa shape index (κ3) is 3.26. The van der Waals surface area contributed by atoms with Crippen molar-refractivity contribution < 1.29 is 19.4 Å². The molecule has 3 fully saturated rings. The summed E-state index contributed by atoms with van der Waals surface area (Å²) in [5.74, 6) is 1.09. The second-order valence-corrected chi connectivity index (χ2v) is 12.5. The molecule has 0 aliphatic heterocycles. The highest BCUT2D eigenvalue weighted by Gasteiger charge is 2.68. The predicted octanol–water partition coefficient (Wildman–Crippen LogP) is 5.47. The predicted molar refractivity (Wildman–Crippen MR) is 121 cm³/mol. The van der Waals surface area contributed by atoms with Crippen LogP contribution in [0.4, 0.5) is 0 Å². The monoisotopic (exact) mass is 430 g/mol. The van der Waals surface area contributed by atoms with Crippen molar-refractivity contribution in [3.05, 3.63) is 11.6 Å². The fourth-order valence-electron chi connectivity index (χ4n) is 9.23. The summed E-state index contributed by atoms with van der Waals surface area (Å²) in [6.45, 7) is 12.9.